The Kier molecular flexibility index (Phi) is 6.85. The summed E-state index contributed by atoms with van der Waals surface area (Å²) in [5, 5.41) is 0. The summed E-state index contributed by atoms with van der Waals surface area (Å²) in [7, 11) is 2.14. The topological polar surface area (TPSA) is 29.3 Å². The van der Waals surface area contributed by atoms with Crippen molar-refractivity contribution >= 4 is 0 Å². The molecule has 0 rings (SSSR count). The lowest BCUT2D eigenvalue weighted by Crippen LogP contribution is -2.46. The number of allylic oxidation sites excluding steroid dienone is 1. The van der Waals surface area contributed by atoms with Gasteiger partial charge in [-0.1, -0.05) is 19.4 Å². The molecule has 0 saturated carbocycles. The molecule has 0 amide bonds. The van der Waals surface area contributed by atoms with Gasteiger partial charge in [0.15, 0.2) is 0 Å². The van der Waals surface area contributed by atoms with Gasteiger partial charge in [0.05, 0.1) is 0 Å². The lowest BCUT2D eigenvalue weighted by atomic mass is 9.97. The second kappa shape index (κ2) is 7.02. The molecule has 2 heteroatoms. The Morgan fingerprint density at radius 1 is 1.50 bits per heavy atom. The molecular formula is C12H26N2. The van der Waals surface area contributed by atoms with Crippen molar-refractivity contribution in [3.63, 3.8) is 0 Å². The average molecular weight is 198 g/mol. The van der Waals surface area contributed by atoms with E-state index in [1.165, 1.54) is 6.42 Å². The van der Waals surface area contributed by atoms with E-state index in [0.717, 1.165) is 32.4 Å². The number of unbranched alkanes of at least 4 members (excludes halogenated alkanes) is 1. The van der Waals surface area contributed by atoms with Crippen molar-refractivity contribution in [1.82, 2.24) is 4.90 Å². The van der Waals surface area contributed by atoms with Gasteiger partial charge in [0.2, 0.25) is 0 Å². The average Bonchev–Trinajstić information content (AvgIpc) is 2.03. The first-order valence-electron chi connectivity index (χ1n) is 5.60. The van der Waals surface area contributed by atoms with E-state index >= 15 is 0 Å². The molecule has 0 heterocycles. The first kappa shape index (κ1) is 13.7. The molecule has 1 unspecified atom stereocenters. The quantitative estimate of drug-likeness (QED) is 0.479. The molecule has 1 atom stereocenters. The zero-order valence-electron chi connectivity index (χ0n) is 10.1. The Morgan fingerprint density at radius 2 is 2.14 bits per heavy atom. The number of hydrogen-bond donors (Lipinski definition) is 1. The van der Waals surface area contributed by atoms with E-state index in [2.05, 4.69) is 32.4 Å². The van der Waals surface area contributed by atoms with Gasteiger partial charge in [0.25, 0.3) is 0 Å². The Bertz CT molecular complexity index is 152. The highest BCUT2D eigenvalue weighted by Gasteiger charge is 2.18. The normalized spacial score (nSPS) is 15.5. The number of nitrogens with zero attached hydrogens (tertiary/aromatic N) is 1. The molecule has 14 heavy (non-hydrogen) atoms. The van der Waals surface area contributed by atoms with Crippen LogP contribution in [-0.2, 0) is 0 Å². The largest absolute Gasteiger partial charge is 0.324 e. The summed E-state index contributed by atoms with van der Waals surface area (Å²) in [6.07, 6.45) is 6.51. The Morgan fingerprint density at radius 3 is 2.64 bits per heavy atom. The van der Waals surface area contributed by atoms with Gasteiger partial charge in [-0.15, -0.1) is 6.58 Å². The SMILES string of the molecule is C=CCCCN(C)CC(C)(N)CCC. The van der Waals surface area contributed by atoms with E-state index in [-0.39, 0.29) is 5.54 Å². The van der Waals surface area contributed by atoms with E-state index in [9.17, 15) is 0 Å². The van der Waals surface area contributed by atoms with Gasteiger partial charge in [-0.05, 0) is 39.8 Å². The molecule has 0 bridgehead atoms. The summed E-state index contributed by atoms with van der Waals surface area (Å²) < 4.78 is 0. The lowest BCUT2D eigenvalue weighted by molar-refractivity contribution is 0.245. The minimum Gasteiger partial charge on any atom is -0.324 e. The van der Waals surface area contributed by atoms with Crippen molar-refractivity contribution in [2.24, 2.45) is 5.73 Å². The van der Waals surface area contributed by atoms with E-state index in [1.807, 2.05) is 6.08 Å². The molecule has 0 aliphatic heterocycles. The molecule has 2 N–H and O–H groups in total. The molecule has 84 valence electrons. The molecule has 0 aromatic rings. The maximum absolute atomic E-state index is 6.17. The summed E-state index contributed by atoms with van der Waals surface area (Å²) in [4.78, 5) is 2.32. The van der Waals surface area contributed by atoms with Crippen molar-refractivity contribution < 1.29 is 0 Å². The zero-order valence-corrected chi connectivity index (χ0v) is 10.1. The molecule has 0 aliphatic carbocycles. The standard InChI is InChI=1S/C12H26N2/c1-5-7-8-10-14(4)11-12(3,13)9-6-2/h5H,1,6-11,13H2,2-4H3. The van der Waals surface area contributed by atoms with Crippen LogP contribution < -0.4 is 5.73 Å². The highest BCUT2D eigenvalue weighted by Crippen LogP contribution is 2.10. The van der Waals surface area contributed by atoms with Gasteiger partial charge >= 0.3 is 0 Å². The smallest absolute Gasteiger partial charge is 0.0254 e. The van der Waals surface area contributed by atoms with Crippen LogP contribution in [0, 0.1) is 0 Å². The summed E-state index contributed by atoms with van der Waals surface area (Å²) in [6, 6.07) is 0. The van der Waals surface area contributed by atoms with Crippen molar-refractivity contribution in [2.45, 2.75) is 45.1 Å². The summed E-state index contributed by atoms with van der Waals surface area (Å²) in [6.45, 7) is 10.1. The van der Waals surface area contributed by atoms with Gasteiger partial charge in [-0.25, -0.2) is 0 Å². The lowest BCUT2D eigenvalue weighted by Gasteiger charge is -2.29. The van der Waals surface area contributed by atoms with Crippen LogP contribution in [0.4, 0.5) is 0 Å². The van der Waals surface area contributed by atoms with Gasteiger partial charge < -0.3 is 10.6 Å². The number of nitrogens with two attached hydrogens (primary N) is 1. The number of hydrogen-bond acceptors (Lipinski definition) is 2. The van der Waals surface area contributed by atoms with E-state index in [4.69, 9.17) is 5.73 Å². The van der Waals surface area contributed by atoms with Gasteiger partial charge in [0, 0.05) is 12.1 Å². The molecule has 2 nitrogen and oxygen atoms in total. The third-order valence-corrected chi connectivity index (χ3v) is 2.40. The number of rotatable bonds is 8. The first-order valence-corrected chi connectivity index (χ1v) is 5.60. The van der Waals surface area contributed by atoms with E-state index in [0.29, 0.717) is 0 Å². The second-order valence-electron chi connectivity index (χ2n) is 4.57. The Balaban J connectivity index is 3.68. The van der Waals surface area contributed by atoms with Gasteiger partial charge in [0.1, 0.15) is 0 Å². The van der Waals surface area contributed by atoms with Crippen LogP contribution in [0.25, 0.3) is 0 Å². The van der Waals surface area contributed by atoms with Crippen LogP contribution in [0.15, 0.2) is 12.7 Å². The van der Waals surface area contributed by atoms with Gasteiger partial charge in [-0.3, -0.25) is 0 Å². The molecule has 0 aromatic carbocycles. The monoisotopic (exact) mass is 198 g/mol. The molecule has 0 aliphatic rings. The van der Waals surface area contributed by atoms with Crippen LogP contribution in [0.3, 0.4) is 0 Å². The molecule has 0 aromatic heterocycles. The summed E-state index contributed by atoms with van der Waals surface area (Å²) in [5.74, 6) is 0. The third kappa shape index (κ3) is 7.10. The molecule has 0 saturated heterocycles. The summed E-state index contributed by atoms with van der Waals surface area (Å²) in [5.41, 5.74) is 6.14. The van der Waals surface area contributed by atoms with Crippen LogP contribution >= 0.6 is 0 Å². The molecule has 0 fully saturated rings. The first-order chi connectivity index (χ1) is 6.52. The third-order valence-electron chi connectivity index (χ3n) is 2.40. The van der Waals surface area contributed by atoms with Crippen LogP contribution in [0.1, 0.15) is 39.5 Å². The van der Waals surface area contributed by atoms with Crippen LogP contribution in [0.2, 0.25) is 0 Å². The summed E-state index contributed by atoms with van der Waals surface area (Å²) >= 11 is 0. The van der Waals surface area contributed by atoms with Crippen molar-refractivity contribution in [2.75, 3.05) is 20.1 Å². The second-order valence-corrected chi connectivity index (χ2v) is 4.57. The Hall–Kier alpha value is -0.340. The van der Waals surface area contributed by atoms with Crippen LogP contribution in [0.5, 0.6) is 0 Å². The van der Waals surface area contributed by atoms with Crippen molar-refractivity contribution in [3.8, 4) is 0 Å². The van der Waals surface area contributed by atoms with Crippen molar-refractivity contribution in [1.29, 1.82) is 0 Å². The van der Waals surface area contributed by atoms with E-state index in [1.54, 1.807) is 0 Å². The fraction of sp³-hybridized carbons (Fsp3) is 0.833. The van der Waals surface area contributed by atoms with Crippen molar-refractivity contribution in [3.05, 3.63) is 12.7 Å². The highest BCUT2D eigenvalue weighted by molar-refractivity contribution is 4.81. The highest BCUT2D eigenvalue weighted by atomic mass is 15.1. The zero-order chi connectivity index (χ0) is 11.0. The van der Waals surface area contributed by atoms with Gasteiger partial charge in [-0.2, -0.15) is 0 Å². The molecule has 0 radical (unpaired) electrons. The molecule has 0 spiro atoms. The Labute approximate surface area is 89.2 Å². The minimum absolute atomic E-state index is 0.0301. The van der Waals surface area contributed by atoms with E-state index < -0.39 is 0 Å². The fourth-order valence-corrected chi connectivity index (χ4v) is 1.85. The molecular weight excluding hydrogens is 172 g/mol. The predicted octanol–water partition coefficient (Wildman–Crippen LogP) is 2.40. The fourth-order valence-electron chi connectivity index (χ4n) is 1.85. The minimum atomic E-state index is -0.0301. The predicted molar refractivity (Wildman–Crippen MR) is 64.4 cm³/mol. The number of likely N-dealkylation sites (N-methyl/N-ethyl adjacent to an activating group) is 1. The maximum Gasteiger partial charge on any atom is 0.0254 e. The maximum atomic E-state index is 6.17. The van der Waals surface area contributed by atoms with Crippen LogP contribution in [-0.4, -0.2) is 30.6 Å².